The predicted octanol–water partition coefficient (Wildman–Crippen LogP) is 2.61. The van der Waals surface area contributed by atoms with Gasteiger partial charge in [0.25, 0.3) is 0 Å². The fourth-order valence-electron chi connectivity index (χ4n) is 0.867. The molecule has 2 rings (SSSR count). The molecule has 2 nitrogen and oxygen atoms in total. The van der Waals surface area contributed by atoms with Crippen molar-refractivity contribution in [3.05, 3.63) is 24.3 Å². The summed E-state index contributed by atoms with van der Waals surface area (Å²) in [4.78, 5) is 0. The number of anilines is 1. The number of hydrogen-bond donors (Lipinski definition) is 2. The van der Waals surface area contributed by atoms with Crippen LogP contribution in [0.2, 0.25) is 0 Å². The van der Waals surface area contributed by atoms with Crippen LogP contribution in [0.25, 0.3) is 0 Å². The fraction of sp³-hybridized carbons (Fsp3) is 0.333. The van der Waals surface area contributed by atoms with Crippen LogP contribution in [0.1, 0.15) is 12.8 Å². The van der Waals surface area contributed by atoms with E-state index in [0.717, 1.165) is 10.9 Å². The van der Waals surface area contributed by atoms with Gasteiger partial charge in [0.1, 0.15) is 5.75 Å². The summed E-state index contributed by atoms with van der Waals surface area (Å²) < 4.78 is 3.24. The Bertz CT molecular complexity index is 256. The second-order valence-electron chi connectivity index (χ2n) is 2.97. The Morgan fingerprint density at radius 2 is 1.92 bits per heavy atom. The number of aromatic hydroxyl groups is 1. The van der Waals surface area contributed by atoms with Crippen molar-refractivity contribution in [3.8, 4) is 5.75 Å². The standard InChI is InChI=1S/C9H11NOS/c11-8-3-1-7(2-4-8)10-12-9-5-6-9/h1-4,9-11H,5-6H2. The normalized spacial score (nSPS) is 16.0. The van der Waals surface area contributed by atoms with Crippen LogP contribution in [-0.4, -0.2) is 10.4 Å². The summed E-state index contributed by atoms with van der Waals surface area (Å²) in [5.41, 5.74) is 1.06. The molecule has 0 saturated heterocycles. The van der Waals surface area contributed by atoms with Crippen LogP contribution in [0, 0.1) is 0 Å². The van der Waals surface area contributed by atoms with Crippen LogP contribution in [0.4, 0.5) is 5.69 Å². The highest BCUT2D eigenvalue weighted by atomic mass is 32.2. The molecule has 3 heteroatoms. The first-order valence-electron chi connectivity index (χ1n) is 4.05. The summed E-state index contributed by atoms with van der Waals surface area (Å²) in [6.45, 7) is 0. The van der Waals surface area contributed by atoms with Crippen molar-refractivity contribution >= 4 is 17.6 Å². The summed E-state index contributed by atoms with van der Waals surface area (Å²) in [6.07, 6.45) is 2.66. The first-order valence-corrected chi connectivity index (χ1v) is 4.93. The largest absolute Gasteiger partial charge is 0.508 e. The topological polar surface area (TPSA) is 32.3 Å². The average Bonchev–Trinajstić information content (AvgIpc) is 2.87. The molecular formula is C9H11NOS. The molecule has 1 fully saturated rings. The third-order valence-electron chi connectivity index (χ3n) is 1.74. The van der Waals surface area contributed by atoms with Gasteiger partial charge in [-0.05, 0) is 49.1 Å². The van der Waals surface area contributed by atoms with Crippen molar-refractivity contribution in [2.75, 3.05) is 4.72 Å². The van der Waals surface area contributed by atoms with Crippen molar-refractivity contribution in [2.24, 2.45) is 0 Å². The number of phenolic OH excluding ortho intramolecular Hbond substituents is 1. The van der Waals surface area contributed by atoms with Crippen LogP contribution in [-0.2, 0) is 0 Å². The van der Waals surface area contributed by atoms with Crippen LogP contribution in [0.15, 0.2) is 24.3 Å². The Hall–Kier alpha value is -0.830. The summed E-state index contributed by atoms with van der Waals surface area (Å²) in [5.74, 6) is 0.317. The van der Waals surface area contributed by atoms with E-state index in [9.17, 15) is 0 Å². The van der Waals surface area contributed by atoms with Crippen molar-refractivity contribution < 1.29 is 5.11 Å². The molecule has 1 aromatic carbocycles. The van der Waals surface area contributed by atoms with Gasteiger partial charge in [0.15, 0.2) is 0 Å². The molecule has 0 unspecified atom stereocenters. The van der Waals surface area contributed by atoms with Crippen molar-refractivity contribution in [1.82, 2.24) is 0 Å². The smallest absolute Gasteiger partial charge is 0.115 e. The minimum absolute atomic E-state index is 0.317. The monoisotopic (exact) mass is 181 g/mol. The summed E-state index contributed by atoms with van der Waals surface area (Å²) in [5, 5.41) is 9.82. The Kier molecular flexibility index (Phi) is 2.13. The summed E-state index contributed by atoms with van der Waals surface area (Å²) in [6, 6.07) is 7.14. The van der Waals surface area contributed by atoms with Crippen LogP contribution < -0.4 is 4.72 Å². The van der Waals surface area contributed by atoms with E-state index in [2.05, 4.69) is 4.72 Å². The lowest BCUT2D eigenvalue weighted by molar-refractivity contribution is 0.475. The second-order valence-corrected chi connectivity index (χ2v) is 4.07. The van der Waals surface area contributed by atoms with Crippen LogP contribution in [0.3, 0.4) is 0 Å². The van der Waals surface area contributed by atoms with Gasteiger partial charge < -0.3 is 9.83 Å². The Morgan fingerprint density at radius 3 is 2.50 bits per heavy atom. The van der Waals surface area contributed by atoms with Gasteiger partial charge in [-0.1, -0.05) is 0 Å². The molecule has 64 valence electrons. The third kappa shape index (κ3) is 2.08. The van der Waals surface area contributed by atoms with E-state index in [0.29, 0.717) is 5.75 Å². The molecule has 0 atom stereocenters. The molecule has 1 aromatic rings. The zero-order chi connectivity index (χ0) is 8.39. The lowest BCUT2D eigenvalue weighted by atomic mass is 10.3. The number of phenols is 1. The highest BCUT2D eigenvalue weighted by molar-refractivity contribution is 8.01. The maximum Gasteiger partial charge on any atom is 0.115 e. The van der Waals surface area contributed by atoms with Gasteiger partial charge in [-0.25, -0.2) is 0 Å². The minimum atomic E-state index is 0.317. The molecule has 12 heavy (non-hydrogen) atoms. The minimum Gasteiger partial charge on any atom is -0.508 e. The van der Waals surface area contributed by atoms with E-state index in [4.69, 9.17) is 5.11 Å². The molecule has 0 bridgehead atoms. The van der Waals surface area contributed by atoms with Gasteiger partial charge in [-0.2, -0.15) is 0 Å². The molecular weight excluding hydrogens is 170 g/mol. The van der Waals surface area contributed by atoms with E-state index >= 15 is 0 Å². The summed E-state index contributed by atoms with van der Waals surface area (Å²) in [7, 11) is 0. The van der Waals surface area contributed by atoms with E-state index in [1.807, 2.05) is 12.1 Å². The molecule has 1 saturated carbocycles. The van der Waals surface area contributed by atoms with Crippen LogP contribution >= 0.6 is 11.9 Å². The molecule has 2 N–H and O–H groups in total. The molecule has 1 aliphatic carbocycles. The maximum atomic E-state index is 9.01. The lowest BCUT2D eigenvalue weighted by Gasteiger charge is -2.03. The Labute approximate surface area is 76.1 Å². The van der Waals surface area contributed by atoms with Crippen molar-refractivity contribution in [3.63, 3.8) is 0 Å². The zero-order valence-electron chi connectivity index (χ0n) is 6.66. The van der Waals surface area contributed by atoms with Gasteiger partial charge >= 0.3 is 0 Å². The summed E-state index contributed by atoms with van der Waals surface area (Å²) >= 11 is 1.77. The molecule has 1 aliphatic rings. The quantitative estimate of drug-likeness (QED) is 0.555. The molecule has 0 radical (unpaired) electrons. The number of rotatable bonds is 3. The number of benzene rings is 1. The Balaban J connectivity index is 1.89. The van der Waals surface area contributed by atoms with Gasteiger partial charge in [0.2, 0.25) is 0 Å². The number of nitrogens with one attached hydrogen (secondary N) is 1. The van der Waals surface area contributed by atoms with Gasteiger partial charge in [0.05, 0.1) is 0 Å². The highest BCUT2D eigenvalue weighted by Gasteiger charge is 2.21. The van der Waals surface area contributed by atoms with Crippen molar-refractivity contribution in [1.29, 1.82) is 0 Å². The number of hydrogen-bond acceptors (Lipinski definition) is 3. The van der Waals surface area contributed by atoms with E-state index in [1.54, 1.807) is 24.1 Å². The van der Waals surface area contributed by atoms with E-state index in [1.165, 1.54) is 12.8 Å². The molecule has 0 spiro atoms. The third-order valence-corrected chi connectivity index (χ3v) is 2.89. The molecule has 0 aliphatic heterocycles. The first-order chi connectivity index (χ1) is 5.84. The predicted molar refractivity (Wildman–Crippen MR) is 52.3 cm³/mol. The van der Waals surface area contributed by atoms with E-state index in [-0.39, 0.29) is 0 Å². The molecule has 0 heterocycles. The van der Waals surface area contributed by atoms with Gasteiger partial charge in [0, 0.05) is 10.9 Å². The van der Waals surface area contributed by atoms with E-state index < -0.39 is 0 Å². The average molecular weight is 181 g/mol. The molecule has 0 amide bonds. The van der Waals surface area contributed by atoms with Gasteiger partial charge in [-0.15, -0.1) is 0 Å². The maximum absolute atomic E-state index is 9.01. The Morgan fingerprint density at radius 1 is 1.25 bits per heavy atom. The lowest BCUT2D eigenvalue weighted by Crippen LogP contribution is -1.87. The molecule has 0 aromatic heterocycles. The highest BCUT2D eigenvalue weighted by Crippen LogP contribution is 2.34. The fourth-order valence-corrected chi connectivity index (χ4v) is 1.68. The van der Waals surface area contributed by atoms with Crippen molar-refractivity contribution in [2.45, 2.75) is 18.1 Å². The zero-order valence-corrected chi connectivity index (χ0v) is 7.47. The van der Waals surface area contributed by atoms with Gasteiger partial charge in [-0.3, -0.25) is 0 Å². The first kappa shape index (κ1) is 7.80. The van der Waals surface area contributed by atoms with Crippen LogP contribution in [0.5, 0.6) is 5.75 Å². The second kappa shape index (κ2) is 3.27. The SMILES string of the molecule is Oc1ccc(NSC2CC2)cc1.